The molecule has 0 bridgehead atoms. The van der Waals surface area contributed by atoms with Crippen LogP contribution in [0.2, 0.25) is 0 Å². The molecule has 0 amide bonds. The van der Waals surface area contributed by atoms with E-state index in [0.717, 1.165) is 9.36 Å². The highest BCUT2D eigenvalue weighted by Crippen LogP contribution is 1.99. The maximum atomic E-state index is 11.7. The third kappa shape index (κ3) is 1.45. The number of aromatic nitrogens is 3. The second-order valence-electron chi connectivity index (χ2n) is 2.93. The number of nitrogens with one attached hydrogen (secondary N) is 2. The Morgan fingerprint density at radius 2 is 1.87 bits per heavy atom. The first-order chi connectivity index (χ1) is 7.24. The molecule has 6 nitrogen and oxygen atoms in total. The van der Waals surface area contributed by atoms with E-state index in [4.69, 9.17) is 0 Å². The number of para-hydroxylation sites is 1. The summed E-state index contributed by atoms with van der Waals surface area (Å²) in [5, 5.41) is 2.36. The van der Waals surface area contributed by atoms with Crippen LogP contribution in [0.15, 0.2) is 39.9 Å². The van der Waals surface area contributed by atoms with Crippen molar-refractivity contribution in [2.24, 2.45) is 0 Å². The van der Waals surface area contributed by atoms with Gasteiger partial charge in [0.25, 0.3) is 0 Å². The van der Waals surface area contributed by atoms with Crippen LogP contribution >= 0.6 is 0 Å². The van der Waals surface area contributed by atoms with E-state index in [1.165, 1.54) is 0 Å². The predicted octanol–water partition coefficient (Wildman–Crippen LogP) is -0.499. The van der Waals surface area contributed by atoms with Gasteiger partial charge >= 0.3 is 11.4 Å². The van der Waals surface area contributed by atoms with Gasteiger partial charge in [-0.15, -0.1) is 4.79 Å². The Labute approximate surface area is 84.7 Å². The van der Waals surface area contributed by atoms with Crippen LogP contribution in [-0.4, -0.2) is 21.5 Å². The van der Waals surface area contributed by atoms with E-state index in [9.17, 15) is 9.59 Å². The molecule has 0 saturated heterocycles. The molecule has 1 aromatic heterocycles. The van der Waals surface area contributed by atoms with Gasteiger partial charge in [-0.05, 0) is 12.1 Å². The first-order valence-electron chi connectivity index (χ1n) is 4.41. The van der Waals surface area contributed by atoms with Gasteiger partial charge in [-0.25, -0.2) is 19.3 Å². The Hall–Kier alpha value is -2.24. The van der Waals surface area contributed by atoms with Crippen LogP contribution in [0.3, 0.4) is 0 Å². The van der Waals surface area contributed by atoms with Gasteiger partial charge in [-0.1, -0.05) is 18.2 Å². The summed E-state index contributed by atoms with van der Waals surface area (Å²) in [6.07, 6.45) is 0. The summed E-state index contributed by atoms with van der Waals surface area (Å²) in [7, 11) is 1.55. The Morgan fingerprint density at radius 1 is 1.20 bits per heavy atom. The van der Waals surface area contributed by atoms with E-state index in [2.05, 4.69) is 10.5 Å². The zero-order chi connectivity index (χ0) is 10.8. The molecule has 0 saturated carbocycles. The van der Waals surface area contributed by atoms with E-state index >= 15 is 0 Å². The number of hydrogen-bond donors (Lipinski definition) is 2. The molecule has 0 atom stereocenters. The number of hydrogen-bond acceptors (Lipinski definition) is 3. The van der Waals surface area contributed by atoms with Gasteiger partial charge in [0.1, 0.15) is 0 Å². The normalized spacial score (nSPS) is 10.2. The van der Waals surface area contributed by atoms with E-state index in [1.807, 2.05) is 6.07 Å². The molecule has 6 heteroatoms. The smallest absolute Gasteiger partial charge is 0.310 e. The predicted molar refractivity (Wildman–Crippen MR) is 55.9 cm³/mol. The minimum atomic E-state index is -0.472. The average molecular weight is 206 g/mol. The molecule has 2 N–H and O–H groups in total. The molecule has 1 aromatic carbocycles. The monoisotopic (exact) mass is 206 g/mol. The van der Waals surface area contributed by atoms with Crippen molar-refractivity contribution in [3.63, 3.8) is 0 Å². The van der Waals surface area contributed by atoms with Crippen molar-refractivity contribution >= 4 is 0 Å². The first kappa shape index (κ1) is 9.32. The highest BCUT2D eigenvalue weighted by atomic mass is 16.2. The van der Waals surface area contributed by atoms with Crippen molar-refractivity contribution in [1.82, 2.24) is 14.5 Å². The summed E-state index contributed by atoms with van der Waals surface area (Å²) in [5.41, 5.74) is 2.17. The fraction of sp³-hybridized carbons (Fsp3) is 0.111. The molecule has 0 radical (unpaired) electrons. The lowest BCUT2D eigenvalue weighted by atomic mass is 10.3. The standard InChI is InChI=1S/C9H10N4O2/c1-10-13-9(15)12(8(14)11-13)7-5-3-2-4-6-7/h2-6,10H,1H3,(H,11,14). The van der Waals surface area contributed by atoms with Crippen molar-refractivity contribution in [2.75, 3.05) is 12.5 Å². The number of aromatic amines is 1. The molecular weight excluding hydrogens is 196 g/mol. The van der Waals surface area contributed by atoms with Gasteiger partial charge in [0.2, 0.25) is 0 Å². The van der Waals surface area contributed by atoms with Crippen molar-refractivity contribution in [1.29, 1.82) is 0 Å². The maximum Gasteiger partial charge on any atom is 0.371 e. The summed E-state index contributed by atoms with van der Waals surface area (Å²) < 4.78 is 1.05. The summed E-state index contributed by atoms with van der Waals surface area (Å²) in [6.45, 7) is 0. The lowest BCUT2D eigenvalue weighted by Gasteiger charge is -1.97. The zero-order valence-corrected chi connectivity index (χ0v) is 8.10. The molecule has 0 spiro atoms. The van der Waals surface area contributed by atoms with Crippen molar-refractivity contribution in [3.05, 3.63) is 51.3 Å². The van der Waals surface area contributed by atoms with E-state index in [1.54, 1.807) is 31.3 Å². The number of H-pyrrole nitrogens is 1. The second-order valence-corrected chi connectivity index (χ2v) is 2.93. The fourth-order valence-electron chi connectivity index (χ4n) is 1.34. The fourth-order valence-corrected chi connectivity index (χ4v) is 1.34. The molecule has 0 fully saturated rings. The molecule has 1 heterocycles. The van der Waals surface area contributed by atoms with Crippen LogP contribution in [0, 0.1) is 0 Å². The largest absolute Gasteiger partial charge is 0.371 e. The van der Waals surface area contributed by atoms with Gasteiger partial charge in [0.15, 0.2) is 0 Å². The minimum absolute atomic E-state index is 0.450. The number of nitrogens with zero attached hydrogens (tertiary/aromatic N) is 2. The van der Waals surface area contributed by atoms with E-state index in [-0.39, 0.29) is 0 Å². The minimum Gasteiger partial charge on any atom is -0.310 e. The molecule has 78 valence electrons. The highest BCUT2D eigenvalue weighted by molar-refractivity contribution is 5.30. The first-order valence-corrected chi connectivity index (χ1v) is 4.41. The van der Waals surface area contributed by atoms with Crippen LogP contribution in [0.25, 0.3) is 5.69 Å². The van der Waals surface area contributed by atoms with Crippen molar-refractivity contribution in [2.45, 2.75) is 0 Å². The summed E-state index contributed by atoms with van der Waals surface area (Å²) in [6, 6.07) is 8.72. The van der Waals surface area contributed by atoms with Crippen LogP contribution in [0.1, 0.15) is 0 Å². The van der Waals surface area contributed by atoms with Gasteiger partial charge in [-0.3, -0.25) is 0 Å². The van der Waals surface area contributed by atoms with Gasteiger partial charge in [-0.2, -0.15) is 0 Å². The Balaban J connectivity index is 2.69. The van der Waals surface area contributed by atoms with Gasteiger partial charge < -0.3 is 5.43 Å². The van der Waals surface area contributed by atoms with E-state index in [0.29, 0.717) is 5.69 Å². The molecule has 2 rings (SSSR count). The SMILES string of the molecule is CNn1[nH]c(=O)n(-c2ccccc2)c1=O. The van der Waals surface area contributed by atoms with E-state index < -0.39 is 11.4 Å². The van der Waals surface area contributed by atoms with Crippen LogP contribution < -0.4 is 16.8 Å². The molecule has 15 heavy (non-hydrogen) atoms. The molecule has 0 unspecified atom stereocenters. The topological polar surface area (TPSA) is 71.8 Å². The summed E-state index contributed by atoms with van der Waals surface area (Å²) in [4.78, 5) is 24.1. The van der Waals surface area contributed by atoms with Gasteiger partial charge in [0.05, 0.1) is 5.69 Å². The maximum absolute atomic E-state index is 11.7. The quantitative estimate of drug-likeness (QED) is 0.695. The molecule has 0 aliphatic heterocycles. The Morgan fingerprint density at radius 3 is 2.40 bits per heavy atom. The summed E-state index contributed by atoms with van der Waals surface area (Å²) >= 11 is 0. The molecule has 2 aromatic rings. The van der Waals surface area contributed by atoms with Crippen LogP contribution in [0.5, 0.6) is 0 Å². The number of rotatable bonds is 2. The second kappa shape index (κ2) is 3.49. The van der Waals surface area contributed by atoms with Crippen LogP contribution in [-0.2, 0) is 0 Å². The lowest BCUT2D eigenvalue weighted by molar-refractivity contribution is 0.738. The van der Waals surface area contributed by atoms with Gasteiger partial charge in [0, 0.05) is 7.05 Å². The Bertz CT molecular complexity index is 564. The third-order valence-corrected chi connectivity index (χ3v) is 2.03. The molecule has 0 aliphatic rings. The molecule has 0 aliphatic carbocycles. The Kier molecular flexibility index (Phi) is 2.17. The average Bonchev–Trinajstić information content (AvgIpc) is 2.55. The number of benzene rings is 1. The highest BCUT2D eigenvalue weighted by Gasteiger charge is 2.08. The lowest BCUT2D eigenvalue weighted by Crippen LogP contribution is -2.30. The van der Waals surface area contributed by atoms with Crippen molar-refractivity contribution < 1.29 is 0 Å². The third-order valence-electron chi connectivity index (χ3n) is 2.03. The molecular formula is C9H10N4O2. The van der Waals surface area contributed by atoms with Crippen LogP contribution in [0.4, 0.5) is 0 Å². The summed E-state index contributed by atoms with van der Waals surface area (Å²) in [5.74, 6) is 0. The zero-order valence-electron chi connectivity index (χ0n) is 8.10. The van der Waals surface area contributed by atoms with Crippen molar-refractivity contribution in [3.8, 4) is 5.69 Å².